The first-order chi connectivity index (χ1) is 11.0. The molecule has 122 valence electrons. The second kappa shape index (κ2) is 5.42. The molecular formula is C16H18FN3O2S. The van der Waals surface area contributed by atoms with E-state index in [4.69, 9.17) is 0 Å². The largest absolute Gasteiger partial charge is 0.237 e. The smallest absolute Gasteiger partial charge is 0.214 e. The summed E-state index contributed by atoms with van der Waals surface area (Å²) in [6, 6.07) is 6.25. The Labute approximate surface area is 134 Å². The quantitative estimate of drug-likeness (QED) is 0.862. The van der Waals surface area contributed by atoms with Crippen molar-refractivity contribution >= 4 is 10.0 Å². The molecule has 0 N–H and O–H groups in total. The molecule has 0 saturated carbocycles. The molecule has 2 aliphatic rings. The molecule has 2 heterocycles. The summed E-state index contributed by atoms with van der Waals surface area (Å²) >= 11 is 0. The fraction of sp³-hybridized carbons (Fsp3) is 0.438. The summed E-state index contributed by atoms with van der Waals surface area (Å²) in [6.07, 6.45) is 3.59. The lowest BCUT2D eigenvalue weighted by atomic mass is 10.2. The number of hydrogen-bond donors (Lipinski definition) is 0. The van der Waals surface area contributed by atoms with Gasteiger partial charge in [-0.3, -0.25) is 0 Å². The molecule has 1 saturated heterocycles. The average Bonchev–Trinajstić information content (AvgIpc) is 3.18. The van der Waals surface area contributed by atoms with Gasteiger partial charge in [-0.05, 0) is 55.5 Å². The van der Waals surface area contributed by atoms with E-state index in [0.717, 1.165) is 41.9 Å². The Balaban J connectivity index is 1.72. The van der Waals surface area contributed by atoms with Crippen molar-refractivity contribution in [2.45, 2.75) is 32.2 Å². The number of benzene rings is 1. The van der Waals surface area contributed by atoms with Gasteiger partial charge in [0.1, 0.15) is 5.82 Å². The maximum absolute atomic E-state index is 13.1. The van der Waals surface area contributed by atoms with Crippen molar-refractivity contribution in [1.29, 1.82) is 0 Å². The summed E-state index contributed by atoms with van der Waals surface area (Å²) < 4.78 is 40.6. The van der Waals surface area contributed by atoms with Crippen LogP contribution in [0.2, 0.25) is 0 Å². The van der Waals surface area contributed by atoms with Crippen LogP contribution in [0, 0.1) is 5.82 Å². The van der Waals surface area contributed by atoms with Crippen LogP contribution < -0.4 is 0 Å². The van der Waals surface area contributed by atoms with Crippen LogP contribution in [0.4, 0.5) is 4.39 Å². The number of sulfonamides is 1. The van der Waals surface area contributed by atoms with Crippen LogP contribution in [-0.2, 0) is 29.4 Å². The molecule has 0 unspecified atom stereocenters. The second-order valence-corrected chi connectivity index (χ2v) is 8.21. The van der Waals surface area contributed by atoms with Gasteiger partial charge in [0, 0.05) is 12.2 Å². The molecular weight excluding hydrogens is 317 g/mol. The highest BCUT2D eigenvalue weighted by Crippen LogP contribution is 2.29. The number of aromatic nitrogens is 2. The monoisotopic (exact) mass is 335 g/mol. The highest BCUT2D eigenvalue weighted by atomic mass is 32.2. The number of hydrogen-bond acceptors (Lipinski definition) is 3. The number of nitrogens with zero attached hydrogens (tertiary/aromatic N) is 3. The van der Waals surface area contributed by atoms with Crippen molar-refractivity contribution in [2.75, 3.05) is 12.3 Å². The van der Waals surface area contributed by atoms with Gasteiger partial charge in [-0.1, -0.05) is 0 Å². The summed E-state index contributed by atoms with van der Waals surface area (Å²) in [5.41, 5.74) is 3.95. The lowest BCUT2D eigenvalue weighted by Crippen LogP contribution is -2.25. The van der Waals surface area contributed by atoms with E-state index in [-0.39, 0.29) is 11.6 Å². The summed E-state index contributed by atoms with van der Waals surface area (Å²) in [4.78, 5) is 0. The van der Waals surface area contributed by atoms with Gasteiger partial charge < -0.3 is 0 Å². The van der Waals surface area contributed by atoms with E-state index in [2.05, 4.69) is 5.10 Å². The lowest BCUT2D eigenvalue weighted by molar-refractivity contribution is 0.432. The molecule has 0 radical (unpaired) electrons. The van der Waals surface area contributed by atoms with Gasteiger partial charge in [0.05, 0.1) is 23.7 Å². The molecule has 1 aliphatic carbocycles. The molecule has 1 aromatic heterocycles. The number of rotatable bonds is 3. The van der Waals surface area contributed by atoms with Crippen LogP contribution in [0.5, 0.6) is 0 Å². The molecule has 23 heavy (non-hydrogen) atoms. The fourth-order valence-corrected chi connectivity index (χ4v) is 4.95. The predicted molar refractivity (Wildman–Crippen MR) is 84.4 cm³/mol. The van der Waals surface area contributed by atoms with Crippen LogP contribution >= 0.6 is 0 Å². The molecule has 1 aliphatic heterocycles. The molecule has 0 spiro atoms. The molecule has 1 fully saturated rings. The third-order valence-electron chi connectivity index (χ3n) is 4.61. The van der Waals surface area contributed by atoms with Gasteiger partial charge in [-0.2, -0.15) is 9.40 Å². The summed E-state index contributed by atoms with van der Waals surface area (Å²) in [5, 5.41) is 4.65. The second-order valence-electron chi connectivity index (χ2n) is 6.12. The Bertz CT molecular complexity index is 843. The van der Waals surface area contributed by atoms with Crippen LogP contribution in [0.15, 0.2) is 24.3 Å². The molecule has 2 aromatic rings. The van der Waals surface area contributed by atoms with Crippen LogP contribution in [0.25, 0.3) is 5.69 Å². The highest BCUT2D eigenvalue weighted by Gasteiger charge is 2.31. The van der Waals surface area contributed by atoms with E-state index in [9.17, 15) is 12.8 Å². The van der Waals surface area contributed by atoms with Gasteiger partial charge in [0.15, 0.2) is 0 Å². The first kappa shape index (κ1) is 14.8. The van der Waals surface area contributed by atoms with Crippen molar-refractivity contribution in [2.24, 2.45) is 0 Å². The Hall–Kier alpha value is -1.73. The Kier molecular flexibility index (Phi) is 3.50. The molecule has 5 nitrogen and oxygen atoms in total. The van der Waals surface area contributed by atoms with E-state index in [1.165, 1.54) is 16.4 Å². The van der Waals surface area contributed by atoms with Gasteiger partial charge in [-0.15, -0.1) is 0 Å². The van der Waals surface area contributed by atoms with Gasteiger partial charge in [0.2, 0.25) is 10.0 Å². The van der Waals surface area contributed by atoms with Gasteiger partial charge >= 0.3 is 0 Å². The van der Waals surface area contributed by atoms with Crippen molar-refractivity contribution < 1.29 is 12.8 Å². The predicted octanol–water partition coefficient (Wildman–Crippen LogP) is 2.04. The van der Waals surface area contributed by atoms with Crippen molar-refractivity contribution in [3.05, 3.63) is 47.0 Å². The molecule has 1 aromatic carbocycles. The van der Waals surface area contributed by atoms with E-state index in [0.29, 0.717) is 19.5 Å². The summed E-state index contributed by atoms with van der Waals surface area (Å²) in [6.45, 7) is 0.916. The SMILES string of the molecule is O=S1(=O)CCCN1Cc1nn(-c2ccc(F)cc2)c2c1CCC2. The van der Waals surface area contributed by atoms with E-state index < -0.39 is 10.0 Å². The van der Waals surface area contributed by atoms with Crippen molar-refractivity contribution in [3.63, 3.8) is 0 Å². The normalized spacial score (nSPS) is 20.0. The van der Waals surface area contributed by atoms with Crippen LogP contribution in [0.1, 0.15) is 29.8 Å². The van der Waals surface area contributed by atoms with Crippen LogP contribution in [-0.4, -0.2) is 34.8 Å². The molecule has 0 amide bonds. The van der Waals surface area contributed by atoms with Crippen molar-refractivity contribution in [1.82, 2.24) is 14.1 Å². The van der Waals surface area contributed by atoms with Crippen molar-refractivity contribution in [3.8, 4) is 5.69 Å². The van der Waals surface area contributed by atoms with E-state index >= 15 is 0 Å². The Morgan fingerprint density at radius 3 is 2.61 bits per heavy atom. The minimum atomic E-state index is -3.13. The summed E-state index contributed by atoms with van der Waals surface area (Å²) in [5.74, 6) is -0.0469. The Morgan fingerprint density at radius 1 is 1.13 bits per heavy atom. The first-order valence-corrected chi connectivity index (χ1v) is 9.49. The summed E-state index contributed by atoms with van der Waals surface area (Å²) in [7, 11) is -3.13. The minimum Gasteiger partial charge on any atom is -0.237 e. The molecule has 0 bridgehead atoms. The third-order valence-corrected chi connectivity index (χ3v) is 6.52. The topological polar surface area (TPSA) is 55.2 Å². The first-order valence-electron chi connectivity index (χ1n) is 7.88. The Morgan fingerprint density at radius 2 is 1.91 bits per heavy atom. The standard InChI is InChI=1S/C16H18FN3O2S/c17-12-5-7-13(8-6-12)20-16-4-1-3-14(16)15(18-20)11-19-9-2-10-23(19,21)22/h5-8H,1-4,9-11H2. The number of halogens is 1. The maximum atomic E-state index is 13.1. The number of fused-ring (bicyclic) bond motifs is 1. The zero-order valence-electron chi connectivity index (χ0n) is 12.7. The third kappa shape index (κ3) is 2.57. The van der Waals surface area contributed by atoms with E-state index in [1.54, 1.807) is 12.1 Å². The zero-order chi connectivity index (χ0) is 16.0. The van der Waals surface area contributed by atoms with E-state index in [1.807, 2.05) is 4.68 Å². The maximum Gasteiger partial charge on any atom is 0.214 e. The van der Waals surface area contributed by atoms with Gasteiger partial charge in [0.25, 0.3) is 0 Å². The molecule has 7 heteroatoms. The fourth-order valence-electron chi connectivity index (χ4n) is 3.47. The molecule has 4 rings (SSSR count). The van der Waals surface area contributed by atoms with Gasteiger partial charge in [-0.25, -0.2) is 17.5 Å². The lowest BCUT2D eigenvalue weighted by Gasteiger charge is -2.13. The van der Waals surface area contributed by atoms with Crippen LogP contribution in [0.3, 0.4) is 0 Å². The molecule has 0 atom stereocenters. The highest BCUT2D eigenvalue weighted by molar-refractivity contribution is 7.89. The minimum absolute atomic E-state index is 0.230. The average molecular weight is 335 g/mol. The zero-order valence-corrected chi connectivity index (χ0v) is 13.5.